The summed E-state index contributed by atoms with van der Waals surface area (Å²) in [6, 6.07) is 0. The molecular formula is C5H11ClS. The Balaban J connectivity index is 0.000000360. The van der Waals surface area contributed by atoms with E-state index in [-0.39, 0.29) is 12.4 Å². The predicted molar refractivity (Wildman–Crippen MR) is 38.4 cm³/mol. The summed E-state index contributed by atoms with van der Waals surface area (Å²) in [4.78, 5) is 0. The first-order chi connectivity index (χ1) is 2.89. The minimum absolute atomic E-state index is 0. The highest BCUT2D eigenvalue weighted by Crippen LogP contribution is 2.24. The zero-order chi connectivity index (χ0) is 4.41. The highest BCUT2D eigenvalue weighted by atomic mass is 35.5. The first kappa shape index (κ1) is 7.64. The Morgan fingerprint density at radius 3 is 2.43 bits per heavy atom. The van der Waals surface area contributed by atoms with Gasteiger partial charge in [-0.2, -0.15) is 11.8 Å². The van der Waals surface area contributed by atoms with Crippen molar-refractivity contribution in [1.29, 1.82) is 0 Å². The SMILES string of the molecule is CC1CCCS1.Cl. The van der Waals surface area contributed by atoms with Gasteiger partial charge in [0, 0.05) is 5.25 Å². The fourth-order valence-corrected chi connectivity index (χ4v) is 1.81. The van der Waals surface area contributed by atoms with Crippen molar-refractivity contribution in [3.05, 3.63) is 0 Å². The summed E-state index contributed by atoms with van der Waals surface area (Å²) in [5.74, 6) is 1.40. The smallest absolute Gasteiger partial charge is 0.00190 e. The van der Waals surface area contributed by atoms with Gasteiger partial charge in [0.15, 0.2) is 0 Å². The summed E-state index contributed by atoms with van der Waals surface area (Å²) in [6.45, 7) is 2.30. The number of thioether (sulfide) groups is 1. The molecule has 0 aromatic rings. The molecule has 1 aliphatic rings. The molecule has 1 heterocycles. The second kappa shape index (κ2) is 3.62. The Hall–Kier alpha value is 0.640. The van der Waals surface area contributed by atoms with E-state index in [2.05, 4.69) is 18.7 Å². The topological polar surface area (TPSA) is 0 Å². The van der Waals surface area contributed by atoms with E-state index in [0.29, 0.717) is 0 Å². The fraction of sp³-hybridized carbons (Fsp3) is 1.00. The first-order valence-corrected chi connectivity index (χ1v) is 3.56. The van der Waals surface area contributed by atoms with Crippen molar-refractivity contribution in [3.8, 4) is 0 Å². The van der Waals surface area contributed by atoms with Crippen LogP contribution in [0.2, 0.25) is 0 Å². The van der Waals surface area contributed by atoms with Crippen LogP contribution >= 0.6 is 24.2 Å². The maximum atomic E-state index is 2.30. The molecule has 0 N–H and O–H groups in total. The molecule has 2 heteroatoms. The van der Waals surface area contributed by atoms with Crippen LogP contribution < -0.4 is 0 Å². The van der Waals surface area contributed by atoms with Crippen LogP contribution in [0, 0.1) is 0 Å². The molecule has 0 bridgehead atoms. The van der Waals surface area contributed by atoms with Crippen LogP contribution in [0.3, 0.4) is 0 Å². The zero-order valence-electron chi connectivity index (χ0n) is 4.52. The Morgan fingerprint density at radius 2 is 2.29 bits per heavy atom. The lowest BCUT2D eigenvalue weighted by Gasteiger charge is -1.91. The summed E-state index contributed by atoms with van der Waals surface area (Å²) < 4.78 is 0. The highest BCUT2D eigenvalue weighted by molar-refractivity contribution is 8.00. The highest BCUT2D eigenvalue weighted by Gasteiger charge is 2.07. The van der Waals surface area contributed by atoms with Crippen molar-refractivity contribution in [2.24, 2.45) is 0 Å². The van der Waals surface area contributed by atoms with E-state index in [1.54, 1.807) is 0 Å². The van der Waals surface area contributed by atoms with Crippen molar-refractivity contribution in [3.63, 3.8) is 0 Å². The third-order valence-corrected chi connectivity index (χ3v) is 2.49. The molecule has 0 nitrogen and oxygen atoms in total. The number of rotatable bonds is 0. The van der Waals surface area contributed by atoms with Gasteiger partial charge in [-0.1, -0.05) is 6.92 Å². The van der Waals surface area contributed by atoms with Gasteiger partial charge in [0.1, 0.15) is 0 Å². The van der Waals surface area contributed by atoms with Crippen LogP contribution in [0.15, 0.2) is 0 Å². The summed E-state index contributed by atoms with van der Waals surface area (Å²) in [5, 5.41) is 0.963. The molecule has 7 heavy (non-hydrogen) atoms. The van der Waals surface area contributed by atoms with Gasteiger partial charge in [-0.05, 0) is 18.6 Å². The Labute approximate surface area is 55.5 Å². The normalized spacial score (nSPS) is 29.6. The molecule has 0 aromatic heterocycles. The second-order valence-electron chi connectivity index (χ2n) is 1.82. The molecule has 44 valence electrons. The maximum Gasteiger partial charge on any atom is 0.00190 e. The van der Waals surface area contributed by atoms with Gasteiger partial charge < -0.3 is 0 Å². The molecule has 0 radical (unpaired) electrons. The van der Waals surface area contributed by atoms with Gasteiger partial charge in [-0.25, -0.2) is 0 Å². The van der Waals surface area contributed by atoms with E-state index in [1.165, 1.54) is 18.6 Å². The standard InChI is InChI=1S/C5H10S.ClH/c1-5-3-2-4-6-5;/h5H,2-4H2,1H3;1H. The van der Waals surface area contributed by atoms with Gasteiger partial charge in [-0.3, -0.25) is 0 Å². The third-order valence-electron chi connectivity index (χ3n) is 1.16. The Bertz CT molecular complexity index is 41.3. The molecular weight excluding hydrogens is 128 g/mol. The van der Waals surface area contributed by atoms with E-state index < -0.39 is 0 Å². The summed E-state index contributed by atoms with van der Waals surface area (Å²) >= 11 is 2.10. The zero-order valence-corrected chi connectivity index (χ0v) is 6.15. The molecule has 0 amide bonds. The minimum Gasteiger partial charge on any atom is -0.159 e. The van der Waals surface area contributed by atoms with Crippen LogP contribution in [0.1, 0.15) is 19.8 Å². The minimum atomic E-state index is 0. The van der Waals surface area contributed by atoms with E-state index >= 15 is 0 Å². The lowest BCUT2D eigenvalue weighted by atomic mass is 10.3. The lowest BCUT2D eigenvalue weighted by molar-refractivity contribution is 0.838. The molecule has 0 saturated carbocycles. The monoisotopic (exact) mass is 138 g/mol. The van der Waals surface area contributed by atoms with Crippen LogP contribution in [0.5, 0.6) is 0 Å². The van der Waals surface area contributed by atoms with E-state index in [0.717, 1.165) is 5.25 Å². The van der Waals surface area contributed by atoms with Crippen molar-refractivity contribution in [2.45, 2.75) is 25.0 Å². The second-order valence-corrected chi connectivity index (χ2v) is 3.37. The first-order valence-electron chi connectivity index (χ1n) is 2.51. The van der Waals surface area contributed by atoms with Crippen molar-refractivity contribution in [1.82, 2.24) is 0 Å². The van der Waals surface area contributed by atoms with Gasteiger partial charge in [0.25, 0.3) is 0 Å². The van der Waals surface area contributed by atoms with Crippen molar-refractivity contribution in [2.75, 3.05) is 5.75 Å². The van der Waals surface area contributed by atoms with Gasteiger partial charge in [0.2, 0.25) is 0 Å². The Morgan fingerprint density at radius 1 is 1.57 bits per heavy atom. The largest absolute Gasteiger partial charge is 0.159 e. The average Bonchev–Trinajstić information content (AvgIpc) is 1.86. The number of hydrogen-bond acceptors (Lipinski definition) is 1. The van der Waals surface area contributed by atoms with Crippen LogP contribution in [-0.2, 0) is 0 Å². The molecule has 0 aromatic carbocycles. The quantitative estimate of drug-likeness (QED) is 0.495. The summed E-state index contributed by atoms with van der Waals surface area (Å²) in [5.41, 5.74) is 0. The van der Waals surface area contributed by atoms with Crippen LogP contribution in [0.4, 0.5) is 0 Å². The van der Waals surface area contributed by atoms with Crippen molar-refractivity contribution >= 4 is 24.2 Å². The fourth-order valence-electron chi connectivity index (χ4n) is 0.739. The Kier molecular flexibility index (Phi) is 3.95. The predicted octanol–water partition coefficient (Wildman–Crippen LogP) is 2.32. The molecule has 0 aliphatic carbocycles. The molecule has 1 fully saturated rings. The molecule has 1 atom stereocenters. The van der Waals surface area contributed by atoms with E-state index in [4.69, 9.17) is 0 Å². The molecule has 1 rings (SSSR count). The summed E-state index contributed by atoms with van der Waals surface area (Å²) in [7, 11) is 0. The molecule has 1 saturated heterocycles. The average molecular weight is 139 g/mol. The molecule has 1 unspecified atom stereocenters. The lowest BCUT2D eigenvalue weighted by Crippen LogP contribution is -1.82. The third kappa shape index (κ3) is 2.45. The van der Waals surface area contributed by atoms with Gasteiger partial charge in [0.05, 0.1) is 0 Å². The van der Waals surface area contributed by atoms with Gasteiger partial charge in [-0.15, -0.1) is 12.4 Å². The number of halogens is 1. The maximum absolute atomic E-state index is 2.30. The molecule has 0 spiro atoms. The van der Waals surface area contributed by atoms with E-state index in [9.17, 15) is 0 Å². The van der Waals surface area contributed by atoms with Crippen molar-refractivity contribution < 1.29 is 0 Å². The van der Waals surface area contributed by atoms with Crippen LogP contribution in [-0.4, -0.2) is 11.0 Å². The molecule has 1 aliphatic heterocycles. The van der Waals surface area contributed by atoms with Gasteiger partial charge >= 0.3 is 0 Å². The van der Waals surface area contributed by atoms with E-state index in [1.807, 2.05) is 0 Å². The van der Waals surface area contributed by atoms with Crippen LogP contribution in [0.25, 0.3) is 0 Å². The summed E-state index contributed by atoms with van der Waals surface area (Å²) in [6.07, 6.45) is 2.90. The number of hydrogen-bond donors (Lipinski definition) is 0.